The number of halogens is 3. The molecule has 1 aromatic rings. The highest BCUT2D eigenvalue weighted by atomic mass is 35.5. The Morgan fingerprint density at radius 1 is 1.26 bits per heavy atom. The van der Waals surface area contributed by atoms with Gasteiger partial charge in [-0.1, -0.05) is 30.9 Å². The van der Waals surface area contributed by atoms with Crippen molar-refractivity contribution in [3.63, 3.8) is 0 Å². The van der Waals surface area contributed by atoms with Crippen LogP contribution in [-0.2, 0) is 0 Å². The van der Waals surface area contributed by atoms with Crippen molar-refractivity contribution in [2.45, 2.75) is 43.5 Å². The summed E-state index contributed by atoms with van der Waals surface area (Å²) in [4.78, 5) is 12.1. The summed E-state index contributed by atoms with van der Waals surface area (Å²) < 4.78 is 12.9. The first-order valence-electron chi connectivity index (χ1n) is 6.48. The van der Waals surface area contributed by atoms with E-state index < -0.39 is 5.82 Å². The van der Waals surface area contributed by atoms with Crippen molar-refractivity contribution in [3.05, 3.63) is 34.6 Å². The van der Waals surface area contributed by atoms with E-state index in [9.17, 15) is 9.18 Å². The summed E-state index contributed by atoms with van der Waals surface area (Å²) in [6.45, 7) is 0. The lowest BCUT2D eigenvalue weighted by Gasteiger charge is -2.21. The van der Waals surface area contributed by atoms with Gasteiger partial charge in [0, 0.05) is 6.04 Å². The molecule has 1 aliphatic rings. The maximum atomic E-state index is 12.9. The molecule has 2 nitrogen and oxygen atoms in total. The van der Waals surface area contributed by atoms with E-state index in [1.165, 1.54) is 12.1 Å². The summed E-state index contributed by atoms with van der Waals surface area (Å²) in [6.07, 6.45) is 5.08. The number of nitrogens with one attached hydrogen (secondary N) is 1. The average Bonchev–Trinajstić information content (AvgIpc) is 2.55. The van der Waals surface area contributed by atoms with Gasteiger partial charge in [-0.3, -0.25) is 4.79 Å². The van der Waals surface area contributed by atoms with Crippen LogP contribution in [0.15, 0.2) is 18.2 Å². The molecular weight excluding hydrogens is 288 g/mol. The van der Waals surface area contributed by atoms with Crippen LogP contribution in [0.3, 0.4) is 0 Å². The molecule has 1 saturated carbocycles. The Labute approximate surface area is 122 Å². The van der Waals surface area contributed by atoms with E-state index in [1.807, 2.05) is 0 Å². The van der Waals surface area contributed by atoms with Crippen LogP contribution < -0.4 is 5.32 Å². The molecule has 0 bridgehead atoms. The first-order chi connectivity index (χ1) is 9.08. The molecule has 104 valence electrons. The standard InChI is InChI=1S/C14H16Cl2FNO/c15-11-4-2-1-3-5-13(11)18-14(19)10-7-6-9(17)8-12(10)16/h6-8,11,13H,1-5H2,(H,18,19). The van der Waals surface area contributed by atoms with Gasteiger partial charge >= 0.3 is 0 Å². The minimum absolute atomic E-state index is 0.0437. The third-order valence-corrected chi connectivity index (χ3v) is 4.26. The molecule has 0 aromatic heterocycles. The maximum Gasteiger partial charge on any atom is 0.253 e. The molecule has 2 atom stereocenters. The Morgan fingerprint density at radius 3 is 2.74 bits per heavy atom. The zero-order chi connectivity index (χ0) is 13.8. The number of rotatable bonds is 2. The van der Waals surface area contributed by atoms with Gasteiger partial charge in [0.2, 0.25) is 0 Å². The summed E-state index contributed by atoms with van der Waals surface area (Å²) >= 11 is 12.2. The number of carbonyl (C=O) groups is 1. The van der Waals surface area contributed by atoms with E-state index in [1.54, 1.807) is 0 Å². The topological polar surface area (TPSA) is 29.1 Å². The third kappa shape index (κ3) is 3.83. The van der Waals surface area contributed by atoms with E-state index >= 15 is 0 Å². The van der Waals surface area contributed by atoms with Crippen molar-refractivity contribution < 1.29 is 9.18 Å². The number of carbonyl (C=O) groups excluding carboxylic acids is 1. The van der Waals surface area contributed by atoms with Crippen LogP contribution in [0.25, 0.3) is 0 Å². The van der Waals surface area contributed by atoms with Gasteiger partial charge in [-0.25, -0.2) is 4.39 Å². The van der Waals surface area contributed by atoms with Crippen LogP contribution in [0.5, 0.6) is 0 Å². The third-order valence-electron chi connectivity index (χ3n) is 3.42. The van der Waals surface area contributed by atoms with E-state index in [2.05, 4.69) is 5.32 Å². The monoisotopic (exact) mass is 303 g/mol. The predicted molar refractivity (Wildman–Crippen MR) is 75.4 cm³/mol. The molecule has 0 heterocycles. The van der Waals surface area contributed by atoms with Crippen LogP contribution in [0, 0.1) is 5.82 Å². The minimum Gasteiger partial charge on any atom is -0.348 e. The Hall–Kier alpha value is -0.800. The van der Waals surface area contributed by atoms with Gasteiger partial charge < -0.3 is 5.32 Å². The van der Waals surface area contributed by atoms with Crippen LogP contribution in [0.2, 0.25) is 5.02 Å². The van der Waals surface area contributed by atoms with Crippen molar-refractivity contribution in [1.29, 1.82) is 0 Å². The minimum atomic E-state index is -0.453. The molecule has 0 saturated heterocycles. The Balaban J connectivity index is 2.07. The zero-order valence-electron chi connectivity index (χ0n) is 10.5. The second-order valence-electron chi connectivity index (χ2n) is 4.86. The molecule has 0 aliphatic heterocycles. The van der Waals surface area contributed by atoms with Gasteiger partial charge in [0.25, 0.3) is 5.91 Å². The summed E-state index contributed by atoms with van der Waals surface area (Å²) in [5.41, 5.74) is 0.288. The quantitative estimate of drug-likeness (QED) is 0.645. The molecule has 5 heteroatoms. The first-order valence-corrected chi connectivity index (χ1v) is 7.29. The molecule has 1 amide bonds. The molecule has 1 aliphatic carbocycles. The zero-order valence-corrected chi connectivity index (χ0v) is 12.0. The fraction of sp³-hybridized carbons (Fsp3) is 0.500. The molecular formula is C14H16Cl2FNO. The number of hydrogen-bond donors (Lipinski definition) is 1. The fourth-order valence-corrected chi connectivity index (χ4v) is 2.94. The number of amides is 1. The number of alkyl halides is 1. The van der Waals surface area contributed by atoms with Crippen LogP contribution >= 0.6 is 23.2 Å². The van der Waals surface area contributed by atoms with Gasteiger partial charge in [0.05, 0.1) is 16.0 Å². The van der Waals surface area contributed by atoms with E-state index in [0.717, 1.165) is 38.2 Å². The summed E-state index contributed by atoms with van der Waals surface area (Å²) in [5.74, 6) is -0.742. The van der Waals surface area contributed by atoms with Crippen LogP contribution in [-0.4, -0.2) is 17.3 Å². The molecule has 0 spiro atoms. The maximum absolute atomic E-state index is 12.9. The SMILES string of the molecule is O=C(NC1CCCCCC1Cl)c1ccc(F)cc1Cl. The van der Waals surface area contributed by atoms with E-state index in [0.29, 0.717) is 0 Å². The number of hydrogen-bond acceptors (Lipinski definition) is 1. The van der Waals surface area contributed by atoms with Crippen molar-refractivity contribution in [1.82, 2.24) is 5.32 Å². The highest BCUT2D eigenvalue weighted by Gasteiger charge is 2.24. The van der Waals surface area contributed by atoms with Crippen molar-refractivity contribution in [2.24, 2.45) is 0 Å². The van der Waals surface area contributed by atoms with Gasteiger partial charge in [-0.05, 0) is 31.0 Å². The van der Waals surface area contributed by atoms with Gasteiger partial charge in [-0.2, -0.15) is 0 Å². The highest BCUT2D eigenvalue weighted by Crippen LogP contribution is 2.23. The lowest BCUT2D eigenvalue weighted by molar-refractivity contribution is 0.0934. The van der Waals surface area contributed by atoms with Crippen molar-refractivity contribution in [2.75, 3.05) is 0 Å². The normalized spacial score (nSPS) is 23.7. The van der Waals surface area contributed by atoms with Crippen LogP contribution in [0.4, 0.5) is 4.39 Å². The van der Waals surface area contributed by atoms with Gasteiger partial charge in [-0.15, -0.1) is 11.6 Å². The second kappa shape index (κ2) is 6.58. The lowest BCUT2D eigenvalue weighted by atomic mass is 10.1. The van der Waals surface area contributed by atoms with Gasteiger partial charge in [0.15, 0.2) is 0 Å². The first kappa shape index (κ1) is 14.6. The molecule has 0 radical (unpaired) electrons. The summed E-state index contributed by atoms with van der Waals surface area (Å²) in [7, 11) is 0. The fourth-order valence-electron chi connectivity index (χ4n) is 2.34. The Bertz CT molecular complexity index is 467. The summed E-state index contributed by atoms with van der Waals surface area (Å²) in [6, 6.07) is 3.72. The predicted octanol–water partition coefficient (Wildman–Crippen LogP) is 4.15. The van der Waals surface area contributed by atoms with Gasteiger partial charge in [0.1, 0.15) is 5.82 Å². The molecule has 1 fully saturated rings. The molecule has 2 unspecified atom stereocenters. The second-order valence-corrected chi connectivity index (χ2v) is 5.83. The smallest absolute Gasteiger partial charge is 0.253 e. The van der Waals surface area contributed by atoms with Crippen LogP contribution in [0.1, 0.15) is 42.5 Å². The Morgan fingerprint density at radius 2 is 2.00 bits per heavy atom. The van der Waals surface area contributed by atoms with E-state index in [4.69, 9.17) is 23.2 Å². The number of benzene rings is 1. The average molecular weight is 304 g/mol. The molecule has 1 N–H and O–H groups in total. The highest BCUT2D eigenvalue weighted by molar-refractivity contribution is 6.33. The largest absolute Gasteiger partial charge is 0.348 e. The van der Waals surface area contributed by atoms with E-state index in [-0.39, 0.29) is 27.9 Å². The van der Waals surface area contributed by atoms with Crippen molar-refractivity contribution >= 4 is 29.1 Å². The molecule has 1 aromatic carbocycles. The molecule has 2 rings (SSSR count). The lowest BCUT2D eigenvalue weighted by Crippen LogP contribution is -2.40. The van der Waals surface area contributed by atoms with Crippen molar-refractivity contribution in [3.8, 4) is 0 Å². The summed E-state index contributed by atoms with van der Waals surface area (Å²) in [5, 5.41) is 2.98. The molecule has 19 heavy (non-hydrogen) atoms. The Kier molecular flexibility index (Phi) is 5.06.